The lowest BCUT2D eigenvalue weighted by Gasteiger charge is -2.39. The fraction of sp³-hybridized carbons (Fsp3) is 0.312. The summed E-state index contributed by atoms with van der Waals surface area (Å²) in [5.41, 5.74) is 1.54. The third-order valence-corrected chi connectivity index (χ3v) is 3.93. The van der Waals surface area contributed by atoms with Crippen LogP contribution in [-0.2, 0) is 6.54 Å². The molecule has 0 aliphatic carbocycles. The Morgan fingerprint density at radius 1 is 1.29 bits per heavy atom. The SMILES string of the molecule is CCn1ccc(C(=O)N2CC(c3ccncc3)C2)cc1=O. The minimum absolute atomic E-state index is 0.0688. The quantitative estimate of drug-likeness (QED) is 0.858. The van der Waals surface area contributed by atoms with Gasteiger partial charge in [0.1, 0.15) is 0 Å². The number of nitrogens with zero attached hydrogens (tertiary/aromatic N) is 3. The summed E-state index contributed by atoms with van der Waals surface area (Å²) in [6.07, 6.45) is 5.21. The van der Waals surface area contributed by atoms with Gasteiger partial charge in [0.05, 0.1) is 0 Å². The van der Waals surface area contributed by atoms with Crippen molar-refractivity contribution in [3.63, 3.8) is 0 Å². The summed E-state index contributed by atoms with van der Waals surface area (Å²) in [6, 6.07) is 7.10. The number of carbonyl (C=O) groups is 1. The van der Waals surface area contributed by atoms with Crippen LogP contribution >= 0.6 is 0 Å². The number of rotatable bonds is 3. The van der Waals surface area contributed by atoms with Gasteiger partial charge in [-0.2, -0.15) is 0 Å². The zero-order chi connectivity index (χ0) is 14.8. The smallest absolute Gasteiger partial charge is 0.254 e. The van der Waals surface area contributed by atoms with Crippen molar-refractivity contribution in [2.24, 2.45) is 0 Å². The van der Waals surface area contributed by atoms with Crippen LogP contribution in [-0.4, -0.2) is 33.4 Å². The van der Waals surface area contributed by atoms with Crippen LogP contribution in [0.1, 0.15) is 28.8 Å². The molecule has 1 amide bonds. The van der Waals surface area contributed by atoms with Crippen molar-refractivity contribution in [2.75, 3.05) is 13.1 Å². The van der Waals surface area contributed by atoms with Gasteiger partial charge < -0.3 is 9.47 Å². The lowest BCUT2D eigenvalue weighted by Crippen LogP contribution is -2.48. The summed E-state index contributed by atoms with van der Waals surface area (Å²) in [5, 5.41) is 0. The summed E-state index contributed by atoms with van der Waals surface area (Å²) >= 11 is 0. The van der Waals surface area contributed by atoms with Gasteiger partial charge in [0.25, 0.3) is 11.5 Å². The van der Waals surface area contributed by atoms with E-state index in [4.69, 9.17) is 0 Å². The van der Waals surface area contributed by atoms with E-state index in [2.05, 4.69) is 4.98 Å². The lowest BCUT2D eigenvalue weighted by atomic mass is 9.91. The Morgan fingerprint density at radius 3 is 2.62 bits per heavy atom. The molecule has 0 N–H and O–H groups in total. The molecule has 2 aromatic rings. The minimum Gasteiger partial charge on any atom is -0.337 e. The third kappa shape index (κ3) is 2.59. The molecular weight excluding hydrogens is 266 g/mol. The van der Waals surface area contributed by atoms with Gasteiger partial charge in [-0.3, -0.25) is 14.6 Å². The van der Waals surface area contributed by atoms with Crippen LogP contribution in [0.5, 0.6) is 0 Å². The van der Waals surface area contributed by atoms with Crippen LogP contribution in [0.3, 0.4) is 0 Å². The molecule has 0 spiro atoms. The second-order valence-electron chi connectivity index (χ2n) is 5.23. The molecule has 1 aliphatic rings. The first kappa shape index (κ1) is 13.5. The second-order valence-corrected chi connectivity index (χ2v) is 5.23. The Bertz CT molecular complexity index is 703. The fourth-order valence-electron chi connectivity index (χ4n) is 2.58. The van der Waals surface area contributed by atoms with E-state index in [0.717, 1.165) is 0 Å². The summed E-state index contributed by atoms with van der Waals surface area (Å²) < 4.78 is 1.58. The van der Waals surface area contributed by atoms with Crippen LogP contribution < -0.4 is 5.56 Å². The van der Waals surface area contributed by atoms with Crippen LogP contribution in [0.4, 0.5) is 0 Å². The molecule has 0 aromatic carbocycles. The number of pyridine rings is 2. The van der Waals surface area contributed by atoms with Crippen LogP contribution in [0.25, 0.3) is 0 Å². The highest BCUT2D eigenvalue weighted by Gasteiger charge is 2.32. The second kappa shape index (κ2) is 5.52. The normalized spacial score (nSPS) is 14.8. The Hall–Kier alpha value is -2.43. The molecule has 21 heavy (non-hydrogen) atoms. The van der Waals surface area contributed by atoms with Gasteiger partial charge in [0.15, 0.2) is 0 Å². The predicted octanol–water partition coefficient (Wildman–Crippen LogP) is 1.50. The van der Waals surface area contributed by atoms with Gasteiger partial charge in [0, 0.05) is 55.8 Å². The monoisotopic (exact) mass is 283 g/mol. The van der Waals surface area contributed by atoms with E-state index in [1.807, 2.05) is 19.1 Å². The van der Waals surface area contributed by atoms with E-state index in [0.29, 0.717) is 31.1 Å². The van der Waals surface area contributed by atoms with Gasteiger partial charge in [-0.05, 0) is 30.7 Å². The van der Waals surface area contributed by atoms with Gasteiger partial charge in [-0.15, -0.1) is 0 Å². The molecule has 1 fully saturated rings. The minimum atomic E-state index is -0.130. The van der Waals surface area contributed by atoms with E-state index < -0.39 is 0 Å². The summed E-state index contributed by atoms with van der Waals surface area (Å²) in [6.45, 7) is 3.90. The van der Waals surface area contributed by atoms with Crippen molar-refractivity contribution in [3.05, 3.63) is 64.3 Å². The first-order chi connectivity index (χ1) is 10.2. The van der Waals surface area contributed by atoms with Crippen molar-refractivity contribution in [3.8, 4) is 0 Å². The van der Waals surface area contributed by atoms with E-state index in [1.165, 1.54) is 11.6 Å². The van der Waals surface area contributed by atoms with E-state index in [-0.39, 0.29) is 11.5 Å². The predicted molar refractivity (Wildman–Crippen MR) is 79.3 cm³/mol. The first-order valence-corrected chi connectivity index (χ1v) is 7.08. The standard InChI is InChI=1S/C16H17N3O2/c1-2-18-8-5-13(9-15(18)20)16(21)19-10-14(11-19)12-3-6-17-7-4-12/h3-9,14H,2,10-11H2,1H3. The van der Waals surface area contributed by atoms with Crippen molar-refractivity contribution >= 4 is 5.91 Å². The average Bonchev–Trinajstić information content (AvgIpc) is 2.46. The Kier molecular flexibility index (Phi) is 3.56. The van der Waals surface area contributed by atoms with Gasteiger partial charge in [-0.1, -0.05) is 0 Å². The summed E-state index contributed by atoms with van der Waals surface area (Å²) in [7, 11) is 0. The zero-order valence-corrected chi connectivity index (χ0v) is 11.9. The van der Waals surface area contributed by atoms with E-state index in [9.17, 15) is 9.59 Å². The number of hydrogen-bond donors (Lipinski definition) is 0. The molecule has 0 atom stereocenters. The first-order valence-electron chi connectivity index (χ1n) is 7.08. The van der Waals surface area contributed by atoms with Crippen LogP contribution in [0, 0.1) is 0 Å². The Balaban J connectivity index is 1.68. The molecule has 5 heteroatoms. The van der Waals surface area contributed by atoms with Crippen LogP contribution in [0.15, 0.2) is 47.7 Å². The lowest BCUT2D eigenvalue weighted by molar-refractivity contribution is 0.0602. The highest BCUT2D eigenvalue weighted by molar-refractivity contribution is 5.94. The van der Waals surface area contributed by atoms with Gasteiger partial charge >= 0.3 is 0 Å². The highest BCUT2D eigenvalue weighted by atomic mass is 16.2. The molecule has 108 valence electrons. The van der Waals surface area contributed by atoms with E-state index in [1.54, 1.807) is 34.1 Å². The number of carbonyl (C=O) groups excluding carboxylic acids is 1. The molecule has 0 bridgehead atoms. The van der Waals surface area contributed by atoms with Gasteiger partial charge in [-0.25, -0.2) is 0 Å². The molecule has 1 aliphatic heterocycles. The van der Waals surface area contributed by atoms with Crippen molar-refractivity contribution in [2.45, 2.75) is 19.4 Å². The highest BCUT2D eigenvalue weighted by Crippen LogP contribution is 2.27. The average molecular weight is 283 g/mol. The van der Waals surface area contributed by atoms with E-state index >= 15 is 0 Å². The number of hydrogen-bond acceptors (Lipinski definition) is 3. The topological polar surface area (TPSA) is 55.2 Å². The molecule has 2 aromatic heterocycles. The van der Waals surface area contributed by atoms with Crippen LogP contribution in [0.2, 0.25) is 0 Å². The summed E-state index contributed by atoms with van der Waals surface area (Å²) in [4.78, 5) is 29.9. The molecule has 0 radical (unpaired) electrons. The molecule has 3 rings (SSSR count). The van der Waals surface area contributed by atoms with Crippen molar-refractivity contribution in [1.82, 2.24) is 14.5 Å². The largest absolute Gasteiger partial charge is 0.337 e. The zero-order valence-electron chi connectivity index (χ0n) is 11.9. The third-order valence-electron chi connectivity index (χ3n) is 3.93. The maximum atomic E-state index is 12.3. The number of amides is 1. The molecule has 0 saturated carbocycles. The maximum Gasteiger partial charge on any atom is 0.254 e. The van der Waals surface area contributed by atoms with Crippen molar-refractivity contribution < 1.29 is 4.79 Å². The van der Waals surface area contributed by atoms with Gasteiger partial charge in [0.2, 0.25) is 0 Å². The maximum absolute atomic E-state index is 12.3. The molecular formula is C16H17N3O2. The Labute approximate surface area is 122 Å². The molecule has 1 saturated heterocycles. The molecule has 3 heterocycles. The fourth-order valence-corrected chi connectivity index (χ4v) is 2.58. The summed E-state index contributed by atoms with van der Waals surface area (Å²) in [5.74, 6) is 0.300. The Morgan fingerprint density at radius 2 is 2.00 bits per heavy atom. The van der Waals surface area contributed by atoms with Crippen molar-refractivity contribution in [1.29, 1.82) is 0 Å². The molecule has 5 nitrogen and oxygen atoms in total. The number of aromatic nitrogens is 2. The molecule has 0 unspecified atom stereocenters. The number of aryl methyl sites for hydroxylation is 1. The number of likely N-dealkylation sites (tertiary alicyclic amines) is 1.